The number of hydrogen-bond acceptors (Lipinski definition) is 9. The Labute approximate surface area is 256 Å². The molecule has 1 fully saturated rings. The summed E-state index contributed by atoms with van der Waals surface area (Å²) in [6.07, 6.45) is 2.28. The third kappa shape index (κ3) is 8.21. The molecule has 0 radical (unpaired) electrons. The van der Waals surface area contributed by atoms with Gasteiger partial charge in [0.15, 0.2) is 6.61 Å². The van der Waals surface area contributed by atoms with Crippen LogP contribution in [0.5, 0.6) is 5.75 Å². The number of ketones is 1. The number of nitrogens with zero attached hydrogens (tertiary/aromatic N) is 1. The van der Waals surface area contributed by atoms with Crippen molar-refractivity contribution in [3.8, 4) is 5.75 Å². The van der Waals surface area contributed by atoms with Gasteiger partial charge in [-0.15, -0.1) is 4.52 Å². The molecule has 16 heteroatoms. The van der Waals surface area contributed by atoms with E-state index >= 15 is 0 Å². The second kappa shape index (κ2) is 12.8. The van der Waals surface area contributed by atoms with Crippen LogP contribution in [-0.2, 0) is 20.2 Å². The summed E-state index contributed by atoms with van der Waals surface area (Å²) in [5.74, 6) is -0.604. The molecule has 1 aromatic heterocycles. The van der Waals surface area contributed by atoms with Gasteiger partial charge in [-0.25, -0.2) is 4.57 Å². The Bertz CT molecular complexity index is 1780. The Hall–Kier alpha value is -2.93. The van der Waals surface area contributed by atoms with Crippen molar-refractivity contribution in [1.82, 2.24) is 4.57 Å². The molecule has 1 heterocycles. The highest BCUT2D eigenvalue weighted by molar-refractivity contribution is 7.53. The van der Waals surface area contributed by atoms with E-state index < -0.39 is 47.0 Å². The Balaban J connectivity index is 1.41. The molecule has 1 atom stereocenters. The number of ether oxygens (including phenoxy) is 1. The molecule has 4 aromatic rings. The minimum atomic E-state index is -4.91. The van der Waals surface area contributed by atoms with Gasteiger partial charge in [-0.05, 0) is 71.8 Å². The highest BCUT2D eigenvalue weighted by Gasteiger charge is 2.38. The fraction of sp³-hybridized carbons (Fsp3) is 0.286. The van der Waals surface area contributed by atoms with Gasteiger partial charge in [-0.3, -0.25) is 14.1 Å². The van der Waals surface area contributed by atoms with Crippen LogP contribution in [0.2, 0.25) is 5.02 Å². The summed E-state index contributed by atoms with van der Waals surface area (Å²) in [7, 11) is -9.68. The van der Waals surface area contributed by atoms with Gasteiger partial charge in [-0.2, -0.15) is 14.7 Å². The molecule has 0 unspecified atom stereocenters. The van der Waals surface area contributed by atoms with Gasteiger partial charge in [0.1, 0.15) is 11.9 Å². The number of benzene rings is 3. The molecule has 0 spiro atoms. The summed E-state index contributed by atoms with van der Waals surface area (Å²) in [5.41, 5.74) is 7.74. The van der Waals surface area contributed by atoms with Crippen molar-refractivity contribution in [3.63, 3.8) is 0 Å². The molecule has 0 aliphatic heterocycles. The third-order valence-electron chi connectivity index (χ3n) is 7.19. The molecule has 0 bridgehead atoms. The van der Waals surface area contributed by atoms with E-state index in [1.54, 1.807) is 41.1 Å². The van der Waals surface area contributed by atoms with Crippen LogP contribution in [0.1, 0.15) is 51.5 Å². The summed E-state index contributed by atoms with van der Waals surface area (Å²) >= 11 is 6.07. The first-order valence-electron chi connectivity index (χ1n) is 13.4. The lowest BCUT2D eigenvalue weighted by atomic mass is 10.0. The minimum Gasteiger partial charge on any atom is -0.485 e. The number of rotatable bonds is 14. The molecule has 1 aliphatic rings. The van der Waals surface area contributed by atoms with Crippen LogP contribution in [0.25, 0.3) is 21.7 Å². The summed E-state index contributed by atoms with van der Waals surface area (Å²) in [4.78, 5) is 72.0. The molecule has 13 nitrogen and oxygen atoms in total. The maximum atomic E-state index is 13.5. The van der Waals surface area contributed by atoms with Crippen molar-refractivity contribution in [1.29, 1.82) is 0 Å². The monoisotopic (exact) mass is 667 g/mol. The number of nitrogens with two attached hydrogens (primary N) is 1. The number of phosphoric acid groups is 1. The molecule has 5 rings (SSSR count). The highest BCUT2D eigenvalue weighted by Crippen LogP contribution is 2.48. The van der Waals surface area contributed by atoms with E-state index in [1.807, 2.05) is 18.2 Å². The lowest BCUT2D eigenvalue weighted by Crippen LogP contribution is -2.22. The molecule has 1 saturated carbocycles. The topological polar surface area (TPSA) is 211 Å². The summed E-state index contributed by atoms with van der Waals surface area (Å²) in [6, 6.07) is 14.0. The maximum absolute atomic E-state index is 13.5. The van der Waals surface area contributed by atoms with E-state index in [0.29, 0.717) is 32.8 Å². The number of fused-ring (bicyclic) bond motifs is 2. The largest absolute Gasteiger partial charge is 0.567 e. The first-order valence-corrected chi connectivity index (χ1v) is 16.9. The number of carbonyl (C=O) groups excluding carboxylic acids is 2. The summed E-state index contributed by atoms with van der Waals surface area (Å²) in [6.45, 7) is -1.07. The molecule has 1 amide bonds. The number of phosphoric ester groups is 1. The molecule has 3 aromatic carbocycles. The Morgan fingerprint density at radius 3 is 2.45 bits per heavy atom. The quantitative estimate of drug-likeness (QED) is 0.0827. The zero-order valence-corrected chi connectivity index (χ0v) is 25.6. The molecule has 7 N–H and O–H groups in total. The van der Waals surface area contributed by atoms with Gasteiger partial charge >= 0.3 is 16.0 Å². The number of primary amides is 1. The van der Waals surface area contributed by atoms with E-state index in [-0.39, 0.29) is 24.3 Å². The number of halogens is 1. The summed E-state index contributed by atoms with van der Waals surface area (Å²) in [5, 5.41) is 2.50. The number of carbonyl (C=O) groups is 2. The van der Waals surface area contributed by atoms with Crippen LogP contribution in [0.4, 0.5) is 0 Å². The van der Waals surface area contributed by atoms with Gasteiger partial charge < -0.3 is 24.8 Å². The lowest BCUT2D eigenvalue weighted by Gasteiger charge is -2.17. The SMILES string of the molecule is NC(=O)c1cc2cc(Cl)ccc2cc1OCC(=O)c1cn(CC[C@H](COP(=O)(O)O)O[P+](O)(O)O)c2cc(C3CC3)ccc12. The van der Waals surface area contributed by atoms with E-state index in [9.17, 15) is 28.8 Å². The molecule has 44 heavy (non-hydrogen) atoms. The smallest absolute Gasteiger partial charge is 0.485 e. The third-order valence-corrected chi connectivity index (χ3v) is 8.49. The first kappa shape index (κ1) is 32.5. The Morgan fingerprint density at radius 1 is 1.05 bits per heavy atom. The van der Waals surface area contributed by atoms with Crippen LogP contribution >= 0.6 is 27.6 Å². The van der Waals surface area contributed by atoms with E-state index in [0.717, 1.165) is 23.8 Å². The standard InChI is InChI=1S/C28H29ClN2O11P2/c29-20-5-3-18-12-27(23(28(30)33)10-19(18)9-20)40-15-26(32)24-13-31(25-11-17(16-1-2-16)4-6-22(24)25)8-7-21(42-44(37,38)39)14-41-43(34,35)36/h3-6,9-13,16,21,37-39H,1-2,7-8,14-15H2,(H3-,30,33,34,35,36)/p+1/t21-/m1/s1. The average molecular weight is 668 g/mol. The zero-order valence-electron chi connectivity index (χ0n) is 23.1. The van der Waals surface area contributed by atoms with E-state index in [4.69, 9.17) is 36.4 Å². The highest BCUT2D eigenvalue weighted by atomic mass is 35.5. The van der Waals surface area contributed by atoms with Crippen molar-refractivity contribution in [2.24, 2.45) is 5.73 Å². The first-order chi connectivity index (χ1) is 20.7. The fourth-order valence-electron chi connectivity index (χ4n) is 5.00. The minimum absolute atomic E-state index is 0.0753. The van der Waals surface area contributed by atoms with Crippen molar-refractivity contribution < 1.29 is 52.4 Å². The van der Waals surface area contributed by atoms with Crippen molar-refractivity contribution in [2.75, 3.05) is 13.2 Å². The number of aryl methyl sites for hydroxylation is 1. The van der Waals surface area contributed by atoms with Crippen molar-refractivity contribution in [2.45, 2.75) is 37.8 Å². The molecular formula is C28H30ClN2O11P2+. The zero-order chi connectivity index (χ0) is 31.8. The van der Waals surface area contributed by atoms with Crippen LogP contribution in [0.15, 0.2) is 54.7 Å². The summed E-state index contributed by atoms with van der Waals surface area (Å²) < 4.78 is 28.0. The van der Waals surface area contributed by atoms with E-state index in [2.05, 4.69) is 4.52 Å². The molecular weight excluding hydrogens is 638 g/mol. The predicted octanol–water partition coefficient (Wildman–Crippen LogP) is 4.23. The van der Waals surface area contributed by atoms with Crippen LogP contribution in [-0.4, -0.2) is 60.0 Å². The predicted molar refractivity (Wildman–Crippen MR) is 162 cm³/mol. The number of aromatic nitrogens is 1. The molecule has 1 aliphatic carbocycles. The number of Topliss-reactive ketones (excluding diaryl/α,β-unsaturated/α-hetero) is 1. The van der Waals surface area contributed by atoms with Crippen LogP contribution in [0, 0.1) is 0 Å². The van der Waals surface area contributed by atoms with Gasteiger partial charge in [0.2, 0.25) is 5.78 Å². The normalized spacial score (nSPS) is 14.7. The van der Waals surface area contributed by atoms with Gasteiger partial charge in [-0.1, -0.05) is 29.8 Å². The second-order valence-corrected chi connectivity index (χ2v) is 13.4. The van der Waals surface area contributed by atoms with Crippen LogP contribution in [0.3, 0.4) is 0 Å². The van der Waals surface area contributed by atoms with Gasteiger partial charge in [0.25, 0.3) is 5.91 Å². The maximum Gasteiger partial charge on any atom is 0.567 e. The van der Waals surface area contributed by atoms with Gasteiger partial charge in [0, 0.05) is 34.2 Å². The van der Waals surface area contributed by atoms with Crippen molar-refractivity contribution >= 4 is 61.0 Å². The van der Waals surface area contributed by atoms with Crippen LogP contribution < -0.4 is 10.5 Å². The van der Waals surface area contributed by atoms with Crippen molar-refractivity contribution in [3.05, 3.63) is 76.4 Å². The number of amides is 1. The number of hydrogen-bond donors (Lipinski definition) is 6. The molecule has 234 valence electrons. The Morgan fingerprint density at radius 2 is 1.80 bits per heavy atom. The second-order valence-electron chi connectivity index (χ2n) is 10.5. The average Bonchev–Trinajstić information content (AvgIpc) is 3.73. The van der Waals surface area contributed by atoms with Gasteiger partial charge in [0.05, 0.1) is 12.2 Å². The lowest BCUT2D eigenvalue weighted by molar-refractivity contribution is 0.0512. The van der Waals surface area contributed by atoms with E-state index in [1.165, 1.54) is 0 Å². The Kier molecular flexibility index (Phi) is 9.46. The molecule has 0 saturated heterocycles. The fourth-order valence-corrected chi connectivity index (χ4v) is 6.10.